The van der Waals surface area contributed by atoms with Crippen LogP contribution in [0, 0.1) is 11.6 Å². The van der Waals surface area contributed by atoms with E-state index in [-0.39, 0.29) is 16.4 Å². The van der Waals surface area contributed by atoms with E-state index in [9.17, 15) is 22.0 Å². The molecule has 0 radical (unpaired) electrons. The highest BCUT2D eigenvalue weighted by Crippen LogP contribution is 2.35. The molecule has 0 heterocycles. The van der Waals surface area contributed by atoms with Crippen molar-refractivity contribution in [1.29, 1.82) is 0 Å². The van der Waals surface area contributed by atoms with Crippen molar-refractivity contribution in [1.82, 2.24) is 0 Å². The average molecular weight is 464 g/mol. The highest BCUT2D eigenvalue weighted by atomic mass is 31.0. The smallest absolute Gasteiger partial charge is 0.405 e. The second-order valence-electron chi connectivity index (χ2n) is 8.07. The molecule has 0 N–H and O–H groups in total. The molecule has 1 nitrogen and oxygen atoms in total. The maximum Gasteiger partial charge on any atom is 0.573 e. The van der Waals surface area contributed by atoms with Gasteiger partial charge in [-0.3, -0.25) is 0 Å². The van der Waals surface area contributed by atoms with E-state index >= 15 is 0 Å². The fraction of sp³-hybridized carbons (Fsp3) is 0.280. The zero-order valence-corrected chi connectivity index (χ0v) is 18.3. The summed E-state index contributed by atoms with van der Waals surface area (Å²) in [5.41, 5.74) is 2.19. The number of benzene rings is 3. The van der Waals surface area contributed by atoms with Gasteiger partial charge in [-0.2, -0.15) is 0 Å². The molecule has 1 atom stereocenters. The molecule has 0 bridgehead atoms. The number of alkyl halides is 3. The molecule has 0 saturated heterocycles. The van der Waals surface area contributed by atoms with Crippen LogP contribution in [-0.2, 0) is 0 Å². The average Bonchev–Trinajstić information content (AvgIpc) is 2.75. The lowest BCUT2D eigenvalue weighted by molar-refractivity contribution is -0.274. The third-order valence-electron chi connectivity index (χ3n) is 5.89. The third-order valence-corrected chi connectivity index (χ3v) is 6.34. The second kappa shape index (κ2) is 9.19. The van der Waals surface area contributed by atoms with Crippen molar-refractivity contribution in [3.63, 3.8) is 0 Å². The summed E-state index contributed by atoms with van der Waals surface area (Å²) in [7, 11) is 2.09. The lowest BCUT2D eigenvalue weighted by atomic mass is 9.83. The Morgan fingerprint density at radius 1 is 0.750 bits per heavy atom. The first-order chi connectivity index (χ1) is 15.2. The minimum Gasteiger partial charge on any atom is -0.405 e. The maximum atomic E-state index is 14.9. The molecule has 32 heavy (non-hydrogen) atoms. The quantitative estimate of drug-likeness (QED) is 0.283. The number of hydrogen-bond donors (Lipinski definition) is 0. The van der Waals surface area contributed by atoms with E-state index in [0.717, 1.165) is 6.07 Å². The van der Waals surface area contributed by atoms with Gasteiger partial charge in [-0.1, -0.05) is 49.6 Å². The first-order valence-electron chi connectivity index (χ1n) is 10.5. The highest BCUT2D eigenvalue weighted by Gasteiger charge is 2.32. The monoisotopic (exact) mass is 464 g/mol. The van der Waals surface area contributed by atoms with Crippen LogP contribution in [0.25, 0.3) is 22.3 Å². The number of halogens is 5. The largest absolute Gasteiger partial charge is 0.573 e. The molecule has 1 fully saturated rings. The molecule has 4 rings (SSSR count). The number of ether oxygens (including phenoxy) is 1. The van der Waals surface area contributed by atoms with Crippen LogP contribution in [0.5, 0.6) is 5.75 Å². The topological polar surface area (TPSA) is 9.23 Å². The normalized spacial score (nSPS) is 15.1. The first-order valence-corrected chi connectivity index (χ1v) is 11.0. The van der Waals surface area contributed by atoms with Crippen molar-refractivity contribution in [2.75, 3.05) is 0 Å². The third kappa shape index (κ3) is 5.12. The Morgan fingerprint density at radius 3 is 1.91 bits per heavy atom. The summed E-state index contributed by atoms with van der Waals surface area (Å²) in [5, 5.41) is 0.0426. The molecule has 0 aliphatic heterocycles. The first kappa shape index (κ1) is 22.7. The van der Waals surface area contributed by atoms with Crippen LogP contribution in [0.4, 0.5) is 22.0 Å². The summed E-state index contributed by atoms with van der Waals surface area (Å²) in [6.45, 7) is 0. The molecule has 0 spiro atoms. The lowest BCUT2D eigenvalue weighted by Gasteiger charge is -2.22. The van der Waals surface area contributed by atoms with E-state index in [0.29, 0.717) is 17.0 Å². The van der Waals surface area contributed by atoms with E-state index < -0.39 is 23.7 Å². The molecule has 3 aromatic carbocycles. The van der Waals surface area contributed by atoms with Gasteiger partial charge in [0.15, 0.2) is 0 Å². The Labute approximate surface area is 185 Å². The van der Waals surface area contributed by atoms with Crippen molar-refractivity contribution in [3.8, 4) is 28.0 Å². The number of hydrogen-bond acceptors (Lipinski definition) is 1. The summed E-state index contributed by atoms with van der Waals surface area (Å²) in [6, 6.07) is 13.8. The fourth-order valence-corrected chi connectivity index (χ4v) is 4.66. The van der Waals surface area contributed by atoms with E-state index in [1.807, 2.05) is 24.3 Å². The highest BCUT2D eigenvalue weighted by molar-refractivity contribution is 7.27. The predicted octanol–water partition coefficient (Wildman–Crippen LogP) is 7.75. The molecule has 168 valence electrons. The SMILES string of the molecule is Fc1cc(-c2ccc(C3CCCCC3)cc2)cc(F)c1-c1ccc(OC(F)(F)F)c(P)c1. The zero-order valence-electron chi connectivity index (χ0n) is 17.2. The van der Waals surface area contributed by atoms with Gasteiger partial charge in [-0.05, 0) is 65.3 Å². The van der Waals surface area contributed by atoms with Crippen LogP contribution >= 0.6 is 9.24 Å². The predicted molar refractivity (Wildman–Crippen MR) is 119 cm³/mol. The summed E-state index contributed by atoms with van der Waals surface area (Å²) in [4.78, 5) is 0. The van der Waals surface area contributed by atoms with Gasteiger partial charge in [0.2, 0.25) is 0 Å². The molecule has 7 heteroatoms. The van der Waals surface area contributed by atoms with E-state index in [1.165, 1.54) is 61.9 Å². The molecule has 0 aromatic heterocycles. The Morgan fingerprint density at radius 2 is 1.34 bits per heavy atom. The zero-order chi connectivity index (χ0) is 22.9. The Hall–Kier alpha value is -2.46. The van der Waals surface area contributed by atoms with Gasteiger partial charge < -0.3 is 4.74 Å². The standard InChI is InChI=1S/C25H22F5OP/c26-20-12-19(17-8-6-16(7-9-17)15-4-2-1-3-5-15)13-21(27)24(20)18-10-11-22(23(32)14-18)31-25(28,29)30/h6-15H,1-5,32H2. The Bertz CT molecular complexity index is 1080. The van der Waals surface area contributed by atoms with Crippen LogP contribution in [0.15, 0.2) is 54.6 Å². The molecule has 1 saturated carbocycles. The second-order valence-corrected chi connectivity index (χ2v) is 8.69. The van der Waals surface area contributed by atoms with E-state index in [4.69, 9.17) is 0 Å². The van der Waals surface area contributed by atoms with Crippen LogP contribution in [0.2, 0.25) is 0 Å². The van der Waals surface area contributed by atoms with Gasteiger partial charge >= 0.3 is 6.36 Å². The van der Waals surface area contributed by atoms with Crippen molar-refractivity contribution in [3.05, 3.63) is 71.8 Å². The fourth-order valence-electron chi connectivity index (χ4n) is 4.32. The van der Waals surface area contributed by atoms with E-state index in [1.54, 1.807) is 0 Å². The van der Waals surface area contributed by atoms with Crippen molar-refractivity contribution < 1.29 is 26.7 Å². The Balaban J connectivity index is 1.60. The van der Waals surface area contributed by atoms with Crippen LogP contribution in [0.1, 0.15) is 43.6 Å². The molecule has 1 aliphatic carbocycles. The van der Waals surface area contributed by atoms with Gasteiger partial charge in [0.05, 0.1) is 5.56 Å². The Kier molecular flexibility index (Phi) is 6.52. The number of rotatable bonds is 4. The molecular formula is C25H22F5OP. The molecular weight excluding hydrogens is 442 g/mol. The molecule has 1 aliphatic rings. The minimum absolute atomic E-state index is 0.0426. The summed E-state index contributed by atoms with van der Waals surface area (Å²) >= 11 is 0. The van der Waals surface area contributed by atoms with E-state index in [2.05, 4.69) is 14.0 Å². The molecule has 3 aromatic rings. The van der Waals surface area contributed by atoms with Crippen molar-refractivity contribution in [2.45, 2.75) is 44.4 Å². The van der Waals surface area contributed by atoms with Crippen LogP contribution in [-0.4, -0.2) is 6.36 Å². The minimum atomic E-state index is -4.85. The van der Waals surface area contributed by atoms with Crippen LogP contribution in [0.3, 0.4) is 0 Å². The van der Waals surface area contributed by atoms with Crippen LogP contribution < -0.4 is 10.0 Å². The molecule has 0 amide bonds. The summed E-state index contributed by atoms with van der Waals surface area (Å²) in [5.74, 6) is -1.48. The van der Waals surface area contributed by atoms with Gasteiger partial charge in [0.1, 0.15) is 17.4 Å². The van der Waals surface area contributed by atoms with Gasteiger partial charge in [-0.25, -0.2) is 8.78 Å². The summed E-state index contributed by atoms with van der Waals surface area (Å²) in [6.07, 6.45) is 1.22. The van der Waals surface area contributed by atoms with Gasteiger partial charge in [0, 0.05) is 5.30 Å². The lowest BCUT2D eigenvalue weighted by Crippen LogP contribution is -2.20. The van der Waals surface area contributed by atoms with Crippen molar-refractivity contribution >= 4 is 14.5 Å². The van der Waals surface area contributed by atoms with Gasteiger partial charge in [0.25, 0.3) is 0 Å². The summed E-state index contributed by atoms with van der Waals surface area (Å²) < 4.78 is 71.1. The maximum absolute atomic E-state index is 14.9. The van der Waals surface area contributed by atoms with Crippen molar-refractivity contribution in [2.24, 2.45) is 0 Å². The molecule has 1 unspecified atom stereocenters. The van der Waals surface area contributed by atoms with Gasteiger partial charge in [-0.15, -0.1) is 22.4 Å².